The highest BCUT2D eigenvalue weighted by Crippen LogP contribution is 2.37. The van der Waals surface area contributed by atoms with Gasteiger partial charge in [0.15, 0.2) is 11.6 Å². The summed E-state index contributed by atoms with van der Waals surface area (Å²) in [5, 5.41) is 3.38. The van der Waals surface area contributed by atoms with Gasteiger partial charge in [-0.05, 0) is 38.1 Å². The molecule has 0 spiro atoms. The monoisotopic (exact) mass is 459 g/mol. The maximum Gasteiger partial charge on any atom is 0.250 e. The lowest BCUT2D eigenvalue weighted by Gasteiger charge is -2.32. The molecule has 1 fully saturated rings. The molecule has 2 heterocycles. The van der Waals surface area contributed by atoms with E-state index in [1.54, 1.807) is 32.4 Å². The van der Waals surface area contributed by atoms with Gasteiger partial charge < -0.3 is 19.7 Å². The van der Waals surface area contributed by atoms with Gasteiger partial charge in [-0.2, -0.15) is 9.97 Å². The van der Waals surface area contributed by atoms with Crippen LogP contribution in [0.5, 0.6) is 11.5 Å². The first-order valence-corrected chi connectivity index (χ1v) is 10.5. The Morgan fingerprint density at radius 3 is 2.38 bits per heavy atom. The summed E-state index contributed by atoms with van der Waals surface area (Å²) in [4.78, 5) is 15.7. The second-order valence-electron chi connectivity index (χ2n) is 6.78. The van der Waals surface area contributed by atoms with Crippen LogP contribution in [0.3, 0.4) is 0 Å². The number of benzene rings is 1. The Hall–Kier alpha value is -1.54. The molecule has 0 amide bonds. The van der Waals surface area contributed by atoms with Gasteiger partial charge in [0.05, 0.1) is 14.2 Å². The Balaban J connectivity index is 1.98. The first-order valence-electron chi connectivity index (χ1n) is 9.38. The molecule has 1 aliphatic heterocycles. The molecule has 1 aliphatic rings. The Morgan fingerprint density at radius 1 is 1.10 bits per heavy atom. The van der Waals surface area contributed by atoms with E-state index in [1.807, 2.05) is 0 Å². The minimum atomic E-state index is -1.78. The van der Waals surface area contributed by atoms with Crippen LogP contribution in [0.25, 0.3) is 11.4 Å². The number of piperidine rings is 1. The van der Waals surface area contributed by atoms with E-state index >= 15 is 0 Å². The molecular formula is C19H24Cl3N5O2. The highest BCUT2D eigenvalue weighted by molar-refractivity contribution is 6.66. The molecule has 0 aliphatic carbocycles. The molecule has 1 aromatic carbocycles. The largest absolute Gasteiger partial charge is 0.497 e. The second kappa shape index (κ2) is 9.51. The third-order valence-electron chi connectivity index (χ3n) is 4.78. The van der Waals surface area contributed by atoms with Crippen LogP contribution in [0.1, 0.15) is 25.6 Å². The predicted octanol–water partition coefficient (Wildman–Crippen LogP) is 4.28. The molecule has 3 rings (SSSR count). The molecule has 1 unspecified atom stereocenters. The lowest BCUT2D eigenvalue weighted by Crippen LogP contribution is -2.42. The fourth-order valence-electron chi connectivity index (χ4n) is 3.28. The molecule has 7 nitrogen and oxygen atoms in total. The third-order valence-corrected chi connectivity index (χ3v) is 5.29. The van der Waals surface area contributed by atoms with E-state index in [-0.39, 0.29) is 11.9 Å². The standard InChI is InChI=1S/C19H24Cl3N5O2/c1-4-27-7-5-6-13(11-27)23-18-25-16(24-17(26-18)19(20,21)22)12-8-14(28-2)10-15(9-12)29-3/h8-10,13H,4-7,11H2,1-3H3,(H,23,24,25,26). The molecule has 0 radical (unpaired) electrons. The third kappa shape index (κ3) is 5.75. The van der Waals surface area contributed by atoms with E-state index in [0.717, 1.165) is 32.5 Å². The summed E-state index contributed by atoms with van der Waals surface area (Å²) in [5.41, 5.74) is 0.668. The quantitative estimate of drug-likeness (QED) is 0.645. The molecule has 2 aromatic rings. The average molecular weight is 461 g/mol. The van der Waals surface area contributed by atoms with E-state index in [0.29, 0.717) is 28.8 Å². The zero-order valence-corrected chi connectivity index (χ0v) is 18.9. The lowest BCUT2D eigenvalue weighted by molar-refractivity contribution is 0.226. The summed E-state index contributed by atoms with van der Waals surface area (Å²) < 4.78 is 8.90. The smallest absolute Gasteiger partial charge is 0.250 e. The van der Waals surface area contributed by atoms with Gasteiger partial charge in [-0.3, -0.25) is 0 Å². The van der Waals surface area contributed by atoms with Gasteiger partial charge in [0.25, 0.3) is 0 Å². The summed E-state index contributed by atoms with van der Waals surface area (Å²) in [5.74, 6) is 2.01. The molecule has 10 heteroatoms. The van der Waals surface area contributed by atoms with Gasteiger partial charge in [0.1, 0.15) is 11.5 Å². The number of likely N-dealkylation sites (N-methyl/N-ethyl adjacent to an activating group) is 1. The van der Waals surface area contributed by atoms with Gasteiger partial charge in [0, 0.05) is 24.2 Å². The van der Waals surface area contributed by atoms with Crippen LogP contribution in [0.15, 0.2) is 18.2 Å². The van der Waals surface area contributed by atoms with Crippen LogP contribution in [-0.4, -0.2) is 59.7 Å². The minimum Gasteiger partial charge on any atom is -0.497 e. The Bertz CT molecular complexity index is 825. The summed E-state index contributed by atoms with van der Waals surface area (Å²) in [6, 6.07) is 5.56. The van der Waals surface area contributed by atoms with Crippen molar-refractivity contribution < 1.29 is 9.47 Å². The first-order chi connectivity index (χ1) is 13.8. The number of hydrogen-bond acceptors (Lipinski definition) is 7. The Morgan fingerprint density at radius 2 is 1.79 bits per heavy atom. The van der Waals surface area contributed by atoms with Crippen molar-refractivity contribution in [2.45, 2.75) is 29.6 Å². The molecule has 1 saturated heterocycles. The summed E-state index contributed by atoms with van der Waals surface area (Å²) in [6.45, 7) is 5.16. The SMILES string of the molecule is CCN1CCCC(Nc2nc(-c3cc(OC)cc(OC)c3)nc(C(Cl)(Cl)Cl)n2)C1. The Labute approximate surface area is 185 Å². The fraction of sp³-hybridized carbons (Fsp3) is 0.526. The number of aromatic nitrogens is 3. The second-order valence-corrected chi connectivity index (χ2v) is 9.06. The first kappa shape index (κ1) is 22.2. The number of nitrogens with zero attached hydrogens (tertiary/aromatic N) is 4. The van der Waals surface area contributed by atoms with Crippen LogP contribution in [0, 0.1) is 0 Å². The van der Waals surface area contributed by atoms with E-state index in [4.69, 9.17) is 44.3 Å². The van der Waals surface area contributed by atoms with Gasteiger partial charge in [0.2, 0.25) is 9.74 Å². The van der Waals surface area contributed by atoms with Crippen LogP contribution >= 0.6 is 34.8 Å². The summed E-state index contributed by atoms with van der Waals surface area (Å²) in [6.07, 6.45) is 2.13. The van der Waals surface area contributed by atoms with E-state index < -0.39 is 3.79 Å². The van der Waals surface area contributed by atoms with Crippen molar-refractivity contribution in [2.75, 3.05) is 39.2 Å². The molecule has 1 aromatic heterocycles. The topological polar surface area (TPSA) is 72.4 Å². The fourth-order valence-corrected chi connectivity index (χ4v) is 3.53. The molecule has 29 heavy (non-hydrogen) atoms. The van der Waals surface area contributed by atoms with Gasteiger partial charge in [-0.1, -0.05) is 41.7 Å². The number of anilines is 1. The van der Waals surface area contributed by atoms with Gasteiger partial charge in [-0.15, -0.1) is 0 Å². The highest BCUT2D eigenvalue weighted by atomic mass is 35.6. The van der Waals surface area contributed by atoms with E-state index in [9.17, 15) is 0 Å². The lowest BCUT2D eigenvalue weighted by atomic mass is 10.1. The number of nitrogens with one attached hydrogen (secondary N) is 1. The van der Waals surface area contributed by atoms with Crippen LogP contribution in [-0.2, 0) is 3.79 Å². The zero-order valence-electron chi connectivity index (χ0n) is 16.6. The molecule has 1 N–H and O–H groups in total. The van der Waals surface area contributed by atoms with Crippen molar-refractivity contribution in [1.82, 2.24) is 19.9 Å². The number of rotatable bonds is 6. The number of halogens is 3. The minimum absolute atomic E-state index is 0.0555. The molecule has 0 saturated carbocycles. The number of hydrogen-bond donors (Lipinski definition) is 1. The molecule has 158 valence electrons. The van der Waals surface area contributed by atoms with E-state index in [2.05, 4.69) is 32.1 Å². The average Bonchev–Trinajstić information content (AvgIpc) is 2.72. The Kier molecular flexibility index (Phi) is 7.27. The van der Waals surface area contributed by atoms with E-state index in [1.165, 1.54) is 0 Å². The van der Waals surface area contributed by atoms with Crippen molar-refractivity contribution in [2.24, 2.45) is 0 Å². The number of methoxy groups -OCH3 is 2. The number of alkyl halides is 3. The molecular weight excluding hydrogens is 437 g/mol. The zero-order chi connectivity index (χ0) is 21.0. The molecule has 0 bridgehead atoms. The summed E-state index contributed by atoms with van der Waals surface area (Å²) in [7, 11) is 3.16. The van der Waals surface area contributed by atoms with Gasteiger partial charge >= 0.3 is 0 Å². The predicted molar refractivity (Wildman–Crippen MR) is 116 cm³/mol. The molecule has 1 atom stereocenters. The van der Waals surface area contributed by atoms with Gasteiger partial charge in [-0.25, -0.2) is 4.98 Å². The normalized spacial score (nSPS) is 17.8. The van der Waals surface area contributed by atoms with Crippen molar-refractivity contribution in [1.29, 1.82) is 0 Å². The summed E-state index contributed by atoms with van der Waals surface area (Å²) >= 11 is 18.3. The van der Waals surface area contributed by atoms with Crippen LogP contribution in [0.4, 0.5) is 5.95 Å². The van der Waals surface area contributed by atoms with Crippen molar-refractivity contribution in [3.8, 4) is 22.9 Å². The maximum absolute atomic E-state index is 6.09. The highest BCUT2D eigenvalue weighted by Gasteiger charge is 2.29. The van der Waals surface area contributed by atoms with Crippen LogP contribution in [0.2, 0.25) is 0 Å². The number of likely N-dealkylation sites (tertiary alicyclic amines) is 1. The van der Waals surface area contributed by atoms with Crippen LogP contribution < -0.4 is 14.8 Å². The van der Waals surface area contributed by atoms with Crippen molar-refractivity contribution in [3.05, 3.63) is 24.0 Å². The van der Waals surface area contributed by atoms with Crippen molar-refractivity contribution in [3.63, 3.8) is 0 Å². The number of ether oxygens (including phenoxy) is 2. The maximum atomic E-state index is 6.09. The van der Waals surface area contributed by atoms with Crippen molar-refractivity contribution >= 4 is 40.8 Å².